The average molecular weight is 476 g/mol. The van der Waals surface area contributed by atoms with Gasteiger partial charge in [-0.15, -0.1) is 24.0 Å². The van der Waals surface area contributed by atoms with E-state index in [-0.39, 0.29) is 30.0 Å². The van der Waals surface area contributed by atoms with Crippen LogP contribution in [0.5, 0.6) is 0 Å². The van der Waals surface area contributed by atoms with Crippen LogP contribution >= 0.6 is 35.3 Å². The Kier molecular flexibility index (Phi) is 9.44. The second-order valence-electron chi connectivity index (χ2n) is 6.22. The van der Waals surface area contributed by atoms with Gasteiger partial charge >= 0.3 is 0 Å². The Morgan fingerprint density at radius 3 is 2.56 bits per heavy atom. The van der Waals surface area contributed by atoms with Crippen molar-refractivity contribution in [1.82, 2.24) is 25.3 Å². The van der Waals surface area contributed by atoms with Crippen molar-refractivity contribution in [2.75, 3.05) is 34.2 Å². The number of guanidine groups is 1. The van der Waals surface area contributed by atoms with Crippen LogP contribution in [0.1, 0.15) is 30.0 Å². The molecule has 6 nitrogen and oxygen atoms in total. The van der Waals surface area contributed by atoms with Gasteiger partial charge < -0.3 is 15.5 Å². The largest absolute Gasteiger partial charge is 0.356 e. The van der Waals surface area contributed by atoms with Crippen LogP contribution in [0, 0.1) is 0 Å². The number of aliphatic imine (C=N–C) groups is 1. The normalized spacial score (nSPS) is 14.1. The molecule has 8 heteroatoms. The van der Waals surface area contributed by atoms with Crippen LogP contribution < -0.4 is 10.6 Å². The van der Waals surface area contributed by atoms with E-state index >= 15 is 0 Å². The summed E-state index contributed by atoms with van der Waals surface area (Å²) in [4.78, 5) is 6.51. The molecule has 2 aromatic heterocycles. The third kappa shape index (κ3) is 6.59. The summed E-state index contributed by atoms with van der Waals surface area (Å²) in [5.41, 5.74) is 2.56. The molecule has 0 aliphatic rings. The summed E-state index contributed by atoms with van der Waals surface area (Å²) in [6.07, 6.45) is 3.97. The monoisotopic (exact) mass is 476 g/mol. The average Bonchev–Trinajstić information content (AvgIpc) is 3.21. The number of rotatable bonds is 7. The van der Waals surface area contributed by atoms with Crippen LogP contribution in [-0.2, 0) is 7.05 Å². The zero-order chi connectivity index (χ0) is 17.5. The number of halogens is 1. The van der Waals surface area contributed by atoms with Crippen molar-refractivity contribution in [3.8, 4) is 0 Å². The summed E-state index contributed by atoms with van der Waals surface area (Å²) in [5, 5.41) is 15.4. The van der Waals surface area contributed by atoms with Gasteiger partial charge in [0.2, 0.25) is 0 Å². The van der Waals surface area contributed by atoms with E-state index in [4.69, 9.17) is 0 Å². The predicted molar refractivity (Wildman–Crippen MR) is 117 cm³/mol. The van der Waals surface area contributed by atoms with Gasteiger partial charge in [0.1, 0.15) is 0 Å². The lowest BCUT2D eigenvalue weighted by Gasteiger charge is -2.25. The van der Waals surface area contributed by atoms with Crippen molar-refractivity contribution in [2.45, 2.75) is 18.9 Å². The van der Waals surface area contributed by atoms with Gasteiger partial charge in [-0.25, -0.2) is 0 Å². The Balaban J connectivity index is 0.00000312. The summed E-state index contributed by atoms with van der Waals surface area (Å²) in [6, 6.07) is 2.42. The smallest absolute Gasteiger partial charge is 0.191 e. The van der Waals surface area contributed by atoms with Crippen LogP contribution in [0.15, 0.2) is 34.2 Å². The van der Waals surface area contributed by atoms with E-state index in [9.17, 15) is 0 Å². The van der Waals surface area contributed by atoms with Crippen LogP contribution in [0.4, 0.5) is 0 Å². The number of aromatic nitrogens is 2. The summed E-state index contributed by atoms with van der Waals surface area (Å²) < 4.78 is 1.83. The Labute approximate surface area is 171 Å². The summed E-state index contributed by atoms with van der Waals surface area (Å²) in [7, 11) is 7.90. The number of hydrogen-bond acceptors (Lipinski definition) is 4. The third-order valence-corrected chi connectivity index (χ3v) is 4.81. The number of aryl methyl sites for hydroxylation is 1. The van der Waals surface area contributed by atoms with Crippen molar-refractivity contribution in [3.63, 3.8) is 0 Å². The molecule has 2 atom stereocenters. The summed E-state index contributed by atoms with van der Waals surface area (Å²) in [5.74, 6) is 1.28. The first-order valence-corrected chi connectivity index (χ1v) is 9.07. The number of likely N-dealkylation sites (N-methyl/N-ethyl adjacent to an activating group) is 1. The van der Waals surface area contributed by atoms with Crippen LogP contribution in [0.3, 0.4) is 0 Å². The molecule has 2 N–H and O–H groups in total. The maximum Gasteiger partial charge on any atom is 0.191 e. The molecule has 2 rings (SSSR count). The zero-order valence-corrected chi connectivity index (χ0v) is 18.7. The molecule has 0 spiro atoms. The van der Waals surface area contributed by atoms with Gasteiger partial charge in [0, 0.05) is 38.9 Å². The van der Waals surface area contributed by atoms with E-state index in [0.717, 1.165) is 19.0 Å². The van der Waals surface area contributed by atoms with Crippen molar-refractivity contribution in [1.29, 1.82) is 0 Å². The fourth-order valence-electron chi connectivity index (χ4n) is 2.55. The van der Waals surface area contributed by atoms with E-state index < -0.39 is 0 Å². The molecule has 25 heavy (non-hydrogen) atoms. The quantitative estimate of drug-likeness (QED) is 0.367. The lowest BCUT2D eigenvalue weighted by atomic mass is 10.1. The first-order chi connectivity index (χ1) is 11.5. The molecule has 2 aromatic rings. The molecule has 0 radical (unpaired) electrons. The van der Waals surface area contributed by atoms with E-state index in [1.165, 1.54) is 11.1 Å². The third-order valence-electron chi connectivity index (χ3n) is 4.11. The molecular weight excluding hydrogens is 447 g/mol. The predicted octanol–water partition coefficient (Wildman–Crippen LogP) is 2.67. The highest BCUT2D eigenvalue weighted by Gasteiger charge is 2.16. The minimum absolute atomic E-state index is 0. The zero-order valence-electron chi connectivity index (χ0n) is 15.6. The first kappa shape index (κ1) is 21.9. The maximum absolute atomic E-state index is 4.33. The van der Waals surface area contributed by atoms with Gasteiger partial charge in [-0.2, -0.15) is 16.4 Å². The topological polar surface area (TPSA) is 57.5 Å². The Morgan fingerprint density at radius 2 is 2.04 bits per heavy atom. The van der Waals surface area contributed by atoms with Crippen molar-refractivity contribution < 1.29 is 0 Å². The number of hydrogen-bond donors (Lipinski definition) is 2. The Morgan fingerprint density at radius 1 is 1.32 bits per heavy atom. The first-order valence-electron chi connectivity index (χ1n) is 8.12. The summed E-state index contributed by atoms with van der Waals surface area (Å²) >= 11 is 1.74. The lowest BCUT2D eigenvalue weighted by molar-refractivity contribution is 0.298. The molecule has 2 unspecified atom stereocenters. The highest BCUT2D eigenvalue weighted by Crippen LogP contribution is 2.17. The fourth-order valence-corrected chi connectivity index (χ4v) is 3.33. The molecule has 2 heterocycles. The highest BCUT2D eigenvalue weighted by atomic mass is 127. The fraction of sp³-hybridized carbons (Fsp3) is 0.529. The van der Waals surface area contributed by atoms with E-state index in [2.05, 4.69) is 69.7 Å². The minimum atomic E-state index is 0. The summed E-state index contributed by atoms with van der Waals surface area (Å²) in [6.45, 7) is 3.85. The maximum atomic E-state index is 4.33. The molecule has 0 amide bonds. The Hall–Kier alpha value is -1.13. The van der Waals surface area contributed by atoms with Crippen LogP contribution in [0.2, 0.25) is 0 Å². The second-order valence-corrected chi connectivity index (χ2v) is 7.00. The molecular formula is C17H29IN6S. The molecule has 0 bridgehead atoms. The van der Waals surface area contributed by atoms with Gasteiger partial charge in [-0.1, -0.05) is 6.92 Å². The number of nitrogens with one attached hydrogen (secondary N) is 2. The van der Waals surface area contributed by atoms with Gasteiger partial charge in [0.15, 0.2) is 5.96 Å². The highest BCUT2D eigenvalue weighted by molar-refractivity contribution is 14.0. The van der Waals surface area contributed by atoms with Crippen molar-refractivity contribution in [2.24, 2.45) is 12.0 Å². The SMILES string of the molecule is CN=C(NCC(C)c1ccsc1)NCC(c1cnn(C)c1)N(C)C.I. The molecule has 0 fully saturated rings. The number of nitrogens with zero attached hydrogens (tertiary/aromatic N) is 4. The van der Waals surface area contributed by atoms with E-state index in [1.54, 1.807) is 18.4 Å². The number of thiophene rings is 1. The van der Waals surface area contributed by atoms with E-state index in [0.29, 0.717) is 5.92 Å². The molecule has 140 valence electrons. The molecule has 0 aliphatic carbocycles. The van der Waals surface area contributed by atoms with Gasteiger partial charge in [0.25, 0.3) is 0 Å². The molecule has 0 aliphatic heterocycles. The van der Waals surface area contributed by atoms with Crippen LogP contribution in [-0.4, -0.2) is 54.9 Å². The molecule has 0 saturated carbocycles. The van der Waals surface area contributed by atoms with Crippen molar-refractivity contribution in [3.05, 3.63) is 40.3 Å². The standard InChI is InChI=1S/C17H28N6S.HI/c1-13(14-6-7-24-12-14)8-19-17(18-2)20-10-16(22(3)4)15-9-21-23(5)11-15;/h6-7,9,11-13,16H,8,10H2,1-5H3,(H2,18,19,20);1H. The van der Waals surface area contributed by atoms with Crippen molar-refractivity contribution >= 4 is 41.3 Å². The van der Waals surface area contributed by atoms with Crippen LogP contribution in [0.25, 0.3) is 0 Å². The molecule has 0 saturated heterocycles. The minimum Gasteiger partial charge on any atom is -0.356 e. The second kappa shape index (κ2) is 10.8. The Bertz CT molecular complexity index is 637. The van der Waals surface area contributed by atoms with E-state index in [1.807, 2.05) is 17.9 Å². The van der Waals surface area contributed by atoms with Gasteiger partial charge in [0.05, 0.1) is 12.2 Å². The van der Waals surface area contributed by atoms with Gasteiger partial charge in [-0.05, 0) is 42.4 Å². The molecule has 0 aromatic carbocycles. The van der Waals surface area contributed by atoms with Gasteiger partial charge in [-0.3, -0.25) is 9.67 Å². The lowest BCUT2D eigenvalue weighted by Crippen LogP contribution is -2.42.